The van der Waals surface area contributed by atoms with Crippen LogP contribution in [0.3, 0.4) is 0 Å². The van der Waals surface area contributed by atoms with E-state index in [1.165, 1.54) is 107 Å². The van der Waals surface area contributed by atoms with Crippen LogP contribution in [0.15, 0.2) is 60.7 Å². The van der Waals surface area contributed by atoms with Crippen LogP contribution in [0.4, 0.5) is 0 Å². The fourth-order valence-corrected chi connectivity index (χ4v) is 10.4. The number of unbranched alkanes of at least 4 members (excludes halogenated alkanes) is 16. The van der Waals surface area contributed by atoms with Crippen molar-refractivity contribution in [2.24, 2.45) is 0 Å². The van der Waals surface area contributed by atoms with Gasteiger partial charge in [0.2, 0.25) is 0 Å². The Kier molecular flexibility index (Phi) is 16.4. The summed E-state index contributed by atoms with van der Waals surface area (Å²) in [6, 6.07) is 22.0. The van der Waals surface area contributed by atoms with Crippen LogP contribution in [0.1, 0.15) is 130 Å². The standard InChI is InChI=1S/C36H56OSi/c1-5-6-7-8-9-10-11-12-13-14-15-16-17-18-19-20-21-28-33-37-38(36(2,3)4,34-29-24-22-25-30-34)35-31-26-23-27-32-35/h1,22-27,29-32H,6-21,28,33H2,2-4H3. The van der Waals surface area contributed by atoms with E-state index in [9.17, 15) is 0 Å². The summed E-state index contributed by atoms with van der Waals surface area (Å²) in [6.45, 7) is 7.95. The highest BCUT2D eigenvalue weighted by molar-refractivity contribution is 6.99. The van der Waals surface area contributed by atoms with Crippen LogP contribution >= 0.6 is 0 Å². The number of hydrogen-bond donors (Lipinski definition) is 0. The number of rotatable bonds is 21. The SMILES string of the molecule is C#CCCCCCCCCCCCCCCCCCCO[Si](c1ccccc1)(c1ccccc1)C(C)(C)C. The Morgan fingerprint density at radius 1 is 0.553 bits per heavy atom. The Balaban J connectivity index is 1.58. The van der Waals surface area contributed by atoms with Crippen molar-refractivity contribution in [1.29, 1.82) is 0 Å². The zero-order valence-corrected chi connectivity index (χ0v) is 26.0. The quantitative estimate of drug-likeness (QED) is 0.0883. The van der Waals surface area contributed by atoms with Crippen LogP contribution in [0.2, 0.25) is 5.04 Å². The Morgan fingerprint density at radius 3 is 1.24 bits per heavy atom. The molecule has 0 aliphatic carbocycles. The van der Waals surface area contributed by atoms with Crippen molar-refractivity contribution in [2.75, 3.05) is 6.61 Å². The molecule has 0 unspecified atom stereocenters. The lowest BCUT2D eigenvalue weighted by Gasteiger charge is -2.43. The molecule has 0 radical (unpaired) electrons. The summed E-state index contributed by atoms with van der Waals surface area (Å²) in [5, 5.41) is 2.84. The van der Waals surface area contributed by atoms with Crippen LogP contribution in [0.25, 0.3) is 0 Å². The minimum Gasteiger partial charge on any atom is -0.407 e. The smallest absolute Gasteiger partial charge is 0.261 e. The zero-order chi connectivity index (χ0) is 27.4. The van der Waals surface area contributed by atoms with Gasteiger partial charge in [-0.25, -0.2) is 0 Å². The average Bonchev–Trinajstić information content (AvgIpc) is 2.92. The summed E-state index contributed by atoms with van der Waals surface area (Å²) in [5.74, 6) is 2.74. The van der Waals surface area contributed by atoms with E-state index in [-0.39, 0.29) is 5.04 Å². The van der Waals surface area contributed by atoms with Gasteiger partial charge in [-0.1, -0.05) is 171 Å². The highest BCUT2D eigenvalue weighted by Crippen LogP contribution is 2.36. The predicted octanol–water partition coefficient (Wildman–Crippen LogP) is 9.83. The third kappa shape index (κ3) is 11.5. The zero-order valence-electron chi connectivity index (χ0n) is 25.0. The Labute approximate surface area is 237 Å². The molecule has 1 nitrogen and oxygen atoms in total. The van der Waals surface area contributed by atoms with E-state index < -0.39 is 8.32 Å². The minimum absolute atomic E-state index is 0.0675. The highest BCUT2D eigenvalue weighted by atomic mass is 28.4. The summed E-state index contributed by atoms with van der Waals surface area (Å²) in [5.41, 5.74) is 0. The number of hydrogen-bond acceptors (Lipinski definition) is 1. The molecular formula is C36H56OSi. The minimum atomic E-state index is -2.37. The monoisotopic (exact) mass is 532 g/mol. The fourth-order valence-electron chi connectivity index (χ4n) is 5.79. The van der Waals surface area contributed by atoms with Crippen molar-refractivity contribution in [3.63, 3.8) is 0 Å². The molecule has 0 atom stereocenters. The van der Waals surface area contributed by atoms with E-state index in [0.29, 0.717) is 0 Å². The van der Waals surface area contributed by atoms with Crippen molar-refractivity contribution >= 4 is 18.7 Å². The van der Waals surface area contributed by atoms with Crippen molar-refractivity contribution in [3.05, 3.63) is 60.7 Å². The Hall–Kier alpha value is -1.82. The molecule has 2 aromatic rings. The summed E-state index contributed by atoms with van der Waals surface area (Å²) < 4.78 is 7.03. The second kappa shape index (κ2) is 19.3. The van der Waals surface area contributed by atoms with Crippen molar-refractivity contribution in [3.8, 4) is 12.3 Å². The van der Waals surface area contributed by atoms with Gasteiger partial charge in [-0.15, -0.1) is 12.3 Å². The fraction of sp³-hybridized carbons (Fsp3) is 0.611. The van der Waals surface area contributed by atoms with Gasteiger partial charge in [-0.05, 0) is 28.3 Å². The molecule has 0 amide bonds. The van der Waals surface area contributed by atoms with E-state index >= 15 is 0 Å². The molecule has 0 bridgehead atoms. The molecule has 2 heteroatoms. The van der Waals surface area contributed by atoms with Gasteiger partial charge in [0.25, 0.3) is 8.32 Å². The van der Waals surface area contributed by atoms with Gasteiger partial charge >= 0.3 is 0 Å². The van der Waals surface area contributed by atoms with Crippen LogP contribution < -0.4 is 10.4 Å². The normalized spacial score (nSPS) is 11.9. The van der Waals surface area contributed by atoms with E-state index in [1.54, 1.807) is 0 Å². The number of benzene rings is 2. The van der Waals surface area contributed by atoms with E-state index in [1.807, 2.05) is 0 Å². The summed E-state index contributed by atoms with van der Waals surface area (Å²) >= 11 is 0. The molecule has 0 aliphatic heterocycles. The number of terminal acetylenes is 1. The maximum atomic E-state index is 7.03. The van der Waals surface area contributed by atoms with Gasteiger partial charge in [0.15, 0.2) is 0 Å². The lowest BCUT2D eigenvalue weighted by atomic mass is 10.0. The second-order valence-electron chi connectivity index (χ2n) is 12.1. The van der Waals surface area contributed by atoms with Crippen molar-refractivity contribution in [2.45, 2.75) is 135 Å². The molecule has 210 valence electrons. The maximum Gasteiger partial charge on any atom is 0.261 e. The molecule has 0 saturated heterocycles. The van der Waals surface area contributed by atoms with Crippen LogP contribution in [-0.2, 0) is 4.43 Å². The Bertz CT molecular complexity index is 822. The Morgan fingerprint density at radius 2 is 0.895 bits per heavy atom. The summed E-state index contributed by atoms with van der Waals surface area (Å²) in [4.78, 5) is 0. The molecular weight excluding hydrogens is 476 g/mol. The third-order valence-electron chi connectivity index (χ3n) is 7.95. The first-order chi connectivity index (χ1) is 18.5. The molecule has 0 heterocycles. The highest BCUT2D eigenvalue weighted by Gasteiger charge is 2.49. The molecule has 0 aromatic heterocycles. The van der Waals surface area contributed by atoms with Gasteiger partial charge in [-0.2, -0.15) is 0 Å². The first kappa shape index (κ1) is 32.4. The summed E-state index contributed by atoms with van der Waals surface area (Å²) in [7, 11) is -2.37. The van der Waals surface area contributed by atoms with Gasteiger partial charge in [0.05, 0.1) is 0 Å². The predicted molar refractivity (Wildman–Crippen MR) is 171 cm³/mol. The lowest BCUT2D eigenvalue weighted by molar-refractivity contribution is 0.286. The molecule has 38 heavy (non-hydrogen) atoms. The third-order valence-corrected chi connectivity index (χ3v) is 13.0. The van der Waals surface area contributed by atoms with E-state index in [0.717, 1.165) is 19.4 Å². The first-order valence-corrected chi connectivity index (χ1v) is 17.6. The topological polar surface area (TPSA) is 9.23 Å². The van der Waals surface area contributed by atoms with Crippen molar-refractivity contribution < 1.29 is 4.43 Å². The molecule has 2 aromatic carbocycles. The average molecular weight is 533 g/mol. The molecule has 0 fully saturated rings. The summed E-state index contributed by atoms with van der Waals surface area (Å²) in [6.07, 6.45) is 28.0. The van der Waals surface area contributed by atoms with Gasteiger partial charge in [0, 0.05) is 13.0 Å². The van der Waals surface area contributed by atoms with Crippen LogP contribution in [-0.4, -0.2) is 14.9 Å². The van der Waals surface area contributed by atoms with Gasteiger partial charge in [-0.3, -0.25) is 0 Å². The van der Waals surface area contributed by atoms with Crippen LogP contribution in [0.5, 0.6) is 0 Å². The van der Waals surface area contributed by atoms with Gasteiger partial charge < -0.3 is 4.43 Å². The molecule has 2 rings (SSSR count). The van der Waals surface area contributed by atoms with E-state index in [4.69, 9.17) is 10.8 Å². The first-order valence-electron chi connectivity index (χ1n) is 15.7. The molecule has 0 N–H and O–H groups in total. The largest absolute Gasteiger partial charge is 0.407 e. The molecule has 0 aliphatic rings. The van der Waals surface area contributed by atoms with Gasteiger partial charge in [0.1, 0.15) is 0 Å². The van der Waals surface area contributed by atoms with Crippen molar-refractivity contribution in [1.82, 2.24) is 0 Å². The van der Waals surface area contributed by atoms with Crippen LogP contribution in [0, 0.1) is 12.3 Å². The molecule has 0 saturated carbocycles. The van der Waals surface area contributed by atoms with E-state index in [2.05, 4.69) is 87.4 Å². The molecule has 0 spiro atoms. The second-order valence-corrected chi connectivity index (χ2v) is 16.4. The lowest BCUT2D eigenvalue weighted by Crippen LogP contribution is -2.66. The maximum absolute atomic E-state index is 7.03.